The van der Waals surface area contributed by atoms with Gasteiger partial charge >= 0.3 is 0 Å². The molecule has 1 atom stereocenters. The van der Waals surface area contributed by atoms with Crippen LogP contribution in [-0.4, -0.2) is 29.9 Å². The number of hydrogen-bond acceptors (Lipinski definition) is 5. The molecule has 2 amide bonds. The quantitative estimate of drug-likeness (QED) is 0.664. The van der Waals surface area contributed by atoms with Crippen molar-refractivity contribution in [2.75, 3.05) is 12.4 Å². The predicted octanol–water partition coefficient (Wildman–Crippen LogP) is 3.88. The van der Waals surface area contributed by atoms with Crippen molar-refractivity contribution in [2.24, 2.45) is 0 Å². The van der Waals surface area contributed by atoms with Crippen LogP contribution in [-0.2, 0) is 4.79 Å². The normalized spacial score (nSPS) is 11.5. The highest BCUT2D eigenvalue weighted by atomic mass is 32.1. The van der Waals surface area contributed by atoms with Crippen LogP contribution in [0.2, 0.25) is 0 Å². The van der Waals surface area contributed by atoms with Crippen LogP contribution >= 0.6 is 11.3 Å². The van der Waals surface area contributed by atoms with E-state index in [-0.39, 0.29) is 11.8 Å². The van der Waals surface area contributed by atoms with Gasteiger partial charge < -0.3 is 15.4 Å². The number of nitrogens with one attached hydrogen (secondary N) is 2. The summed E-state index contributed by atoms with van der Waals surface area (Å²) < 4.78 is 5.15. The Morgan fingerprint density at radius 1 is 1.14 bits per heavy atom. The monoisotopic (exact) mass is 395 g/mol. The van der Waals surface area contributed by atoms with Gasteiger partial charge in [-0.3, -0.25) is 9.59 Å². The Hall–Kier alpha value is -3.19. The van der Waals surface area contributed by atoms with Crippen molar-refractivity contribution < 1.29 is 14.3 Å². The van der Waals surface area contributed by atoms with Gasteiger partial charge in [-0.15, -0.1) is 11.3 Å². The summed E-state index contributed by atoms with van der Waals surface area (Å²) in [6.45, 7) is 3.55. The fourth-order valence-corrected chi connectivity index (χ4v) is 3.29. The highest BCUT2D eigenvalue weighted by Gasteiger charge is 2.18. The zero-order valence-electron chi connectivity index (χ0n) is 15.9. The zero-order valence-corrected chi connectivity index (χ0v) is 16.7. The van der Waals surface area contributed by atoms with E-state index in [9.17, 15) is 9.59 Å². The van der Waals surface area contributed by atoms with Gasteiger partial charge in [-0.2, -0.15) is 0 Å². The molecule has 0 saturated heterocycles. The highest BCUT2D eigenvalue weighted by molar-refractivity contribution is 7.14. The highest BCUT2D eigenvalue weighted by Crippen LogP contribution is 2.26. The molecule has 1 aromatic heterocycles. The van der Waals surface area contributed by atoms with Gasteiger partial charge in [-0.1, -0.05) is 17.7 Å². The second kappa shape index (κ2) is 8.67. The van der Waals surface area contributed by atoms with E-state index in [1.54, 1.807) is 26.2 Å². The minimum Gasteiger partial charge on any atom is -0.497 e. The van der Waals surface area contributed by atoms with Gasteiger partial charge in [0.2, 0.25) is 5.91 Å². The van der Waals surface area contributed by atoms with Crippen molar-refractivity contribution in [3.05, 3.63) is 65.0 Å². The molecule has 0 aliphatic carbocycles. The summed E-state index contributed by atoms with van der Waals surface area (Å²) in [7, 11) is 1.62. The molecule has 0 aliphatic rings. The number of thiazole rings is 1. The summed E-state index contributed by atoms with van der Waals surface area (Å²) >= 11 is 1.33. The number of methoxy groups -OCH3 is 1. The van der Waals surface area contributed by atoms with E-state index >= 15 is 0 Å². The van der Waals surface area contributed by atoms with Crippen LogP contribution in [0.4, 0.5) is 5.13 Å². The van der Waals surface area contributed by atoms with Gasteiger partial charge in [0.1, 0.15) is 11.8 Å². The van der Waals surface area contributed by atoms with Gasteiger partial charge in [-0.25, -0.2) is 4.98 Å². The molecule has 0 unspecified atom stereocenters. The number of aryl methyl sites for hydroxylation is 1. The molecule has 0 aliphatic heterocycles. The van der Waals surface area contributed by atoms with Gasteiger partial charge in [0.25, 0.3) is 5.91 Å². The molecule has 144 valence electrons. The molecule has 0 spiro atoms. The lowest BCUT2D eigenvalue weighted by Gasteiger charge is -2.13. The third-order valence-electron chi connectivity index (χ3n) is 4.14. The largest absolute Gasteiger partial charge is 0.497 e. The summed E-state index contributed by atoms with van der Waals surface area (Å²) in [4.78, 5) is 29.1. The molecule has 28 heavy (non-hydrogen) atoms. The molecule has 3 rings (SSSR count). The average molecular weight is 395 g/mol. The van der Waals surface area contributed by atoms with Gasteiger partial charge in [0.15, 0.2) is 5.13 Å². The zero-order chi connectivity index (χ0) is 20.1. The maximum absolute atomic E-state index is 12.4. The van der Waals surface area contributed by atoms with Crippen molar-refractivity contribution in [3.8, 4) is 17.0 Å². The number of benzene rings is 2. The van der Waals surface area contributed by atoms with E-state index < -0.39 is 6.04 Å². The van der Waals surface area contributed by atoms with Crippen LogP contribution in [0.15, 0.2) is 53.9 Å². The van der Waals surface area contributed by atoms with Crippen LogP contribution in [0, 0.1) is 6.92 Å². The number of rotatable bonds is 6. The van der Waals surface area contributed by atoms with Gasteiger partial charge in [0, 0.05) is 16.5 Å². The van der Waals surface area contributed by atoms with E-state index in [1.807, 2.05) is 48.7 Å². The number of amides is 2. The molecular weight excluding hydrogens is 374 g/mol. The van der Waals surface area contributed by atoms with Crippen LogP contribution in [0.3, 0.4) is 0 Å². The Morgan fingerprint density at radius 2 is 1.89 bits per heavy atom. The third kappa shape index (κ3) is 4.75. The Balaban J connectivity index is 1.61. The van der Waals surface area contributed by atoms with Crippen molar-refractivity contribution in [2.45, 2.75) is 19.9 Å². The first-order valence-corrected chi connectivity index (χ1v) is 9.62. The fourth-order valence-electron chi connectivity index (χ4n) is 2.57. The van der Waals surface area contributed by atoms with Crippen LogP contribution in [0.5, 0.6) is 5.75 Å². The molecule has 1 heterocycles. The molecule has 0 fully saturated rings. The Bertz CT molecular complexity index is 983. The third-order valence-corrected chi connectivity index (χ3v) is 4.90. The Labute approximate surface area is 167 Å². The number of anilines is 1. The van der Waals surface area contributed by atoms with Gasteiger partial charge in [-0.05, 0) is 50.2 Å². The van der Waals surface area contributed by atoms with Crippen molar-refractivity contribution in [1.82, 2.24) is 10.3 Å². The van der Waals surface area contributed by atoms with E-state index in [0.717, 1.165) is 22.6 Å². The van der Waals surface area contributed by atoms with E-state index in [2.05, 4.69) is 15.6 Å². The Kier molecular flexibility index (Phi) is 6.06. The van der Waals surface area contributed by atoms with Crippen LogP contribution in [0.1, 0.15) is 22.8 Å². The molecule has 2 N–H and O–H groups in total. The molecule has 0 radical (unpaired) electrons. The summed E-state index contributed by atoms with van der Waals surface area (Å²) in [6.07, 6.45) is 0. The topological polar surface area (TPSA) is 80.3 Å². The maximum atomic E-state index is 12.4. The molecular formula is C21H21N3O3S. The van der Waals surface area contributed by atoms with Crippen molar-refractivity contribution in [1.29, 1.82) is 0 Å². The van der Waals surface area contributed by atoms with Crippen molar-refractivity contribution in [3.63, 3.8) is 0 Å². The summed E-state index contributed by atoms with van der Waals surface area (Å²) in [5.41, 5.74) is 3.20. The van der Waals surface area contributed by atoms with Crippen LogP contribution in [0.25, 0.3) is 11.3 Å². The molecule has 6 nitrogen and oxygen atoms in total. The lowest BCUT2D eigenvalue weighted by atomic mass is 10.1. The summed E-state index contributed by atoms with van der Waals surface area (Å²) in [5, 5.41) is 7.81. The van der Waals surface area contributed by atoms with Gasteiger partial charge in [0.05, 0.1) is 12.8 Å². The molecule has 3 aromatic rings. The summed E-state index contributed by atoms with van der Waals surface area (Å²) in [6, 6.07) is 14.1. The number of nitrogens with zero attached hydrogens (tertiary/aromatic N) is 1. The first-order chi connectivity index (χ1) is 13.5. The number of hydrogen-bond donors (Lipinski definition) is 2. The van der Waals surface area contributed by atoms with E-state index in [0.29, 0.717) is 10.7 Å². The standard InChI is InChI=1S/C21H21N3O3S/c1-13-5-4-6-16(11-13)20(26)22-14(2)19(25)24-21-23-18(12-28-21)15-7-9-17(27-3)10-8-15/h4-12,14H,1-3H3,(H,22,26)(H,23,24,25)/t14-/m0/s1. The molecule has 0 bridgehead atoms. The summed E-state index contributed by atoms with van der Waals surface area (Å²) in [5.74, 6) is 0.159. The van der Waals surface area contributed by atoms with E-state index in [1.165, 1.54) is 11.3 Å². The molecule has 0 saturated carbocycles. The second-order valence-electron chi connectivity index (χ2n) is 6.32. The second-order valence-corrected chi connectivity index (χ2v) is 7.18. The number of ether oxygens (including phenoxy) is 1. The van der Waals surface area contributed by atoms with Crippen LogP contribution < -0.4 is 15.4 Å². The lowest BCUT2D eigenvalue weighted by Crippen LogP contribution is -2.41. The van der Waals surface area contributed by atoms with Crippen molar-refractivity contribution >= 4 is 28.3 Å². The number of carbonyl (C=O) groups excluding carboxylic acids is 2. The fraction of sp³-hybridized carbons (Fsp3) is 0.190. The molecule has 7 heteroatoms. The Morgan fingerprint density at radius 3 is 2.57 bits per heavy atom. The maximum Gasteiger partial charge on any atom is 0.251 e. The van der Waals surface area contributed by atoms with E-state index in [4.69, 9.17) is 4.74 Å². The number of carbonyl (C=O) groups is 2. The average Bonchev–Trinajstić information content (AvgIpc) is 3.16. The minimum atomic E-state index is -0.693. The number of aromatic nitrogens is 1. The smallest absolute Gasteiger partial charge is 0.251 e. The predicted molar refractivity (Wildman–Crippen MR) is 111 cm³/mol. The minimum absolute atomic E-state index is 0.288. The SMILES string of the molecule is COc1ccc(-c2csc(NC(=O)[C@H](C)NC(=O)c3cccc(C)c3)n2)cc1. The lowest BCUT2D eigenvalue weighted by molar-refractivity contribution is -0.117. The first kappa shape index (κ1) is 19.6. The first-order valence-electron chi connectivity index (χ1n) is 8.74. The molecule has 2 aromatic carbocycles.